The van der Waals surface area contributed by atoms with E-state index in [0.717, 1.165) is 87.6 Å². The van der Waals surface area contributed by atoms with E-state index in [4.69, 9.17) is 11.6 Å². The quantitative estimate of drug-likeness (QED) is 0.618. The molecule has 3 aliphatic rings. The fourth-order valence-electron chi connectivity index (χ4n) is 6.01. The molecule has 0 radical (unpaired) electrons. The summed E-state index contributed by atoms with van der Waals surface area (Å²) in [5, 5.41) is 7.80. The van der Waals surface area contributed by atoms with Crippen LogP contribution in [0.15, 0.2) is 30.3 Å². The zero-order chi connectivity index (χ0) is 25.2. The first-order chi connectivity index (χ1) is 17.4. The Kier molecular flexibility index (Phi) is 7.63. The highest BCUT2D eigenvalue weighted by Crippen LogP contribution is 2.33. The van der Waals surface area contributed by atoms with Crippen molar-refractivity contribution >= 4 is 29.0 Å². The van der Waals surface area contributed by atoms with Crippen molar-refractivity contribution in [3.63, 3.8) is 0 Å². The van der Waals surface area contributed by atoms with Crippen molar-refractivity contribution in [1.82, 2.24) is 15.1 Å². The van der Waals surface area contributed by atoms with Gasteiger partial charge in [-0.1, -0.05) is 17.7 Å². The van der Waals surface area contributed by atoms with Crippen LogP contribution in [-0.4, -0.2) is 74.2 Å². The molecule has 1 aliphatic carbocycles. The molecule has 2 fully saturated rings. The van der Waals surface area contributed by atoms with Crippen LogP contribution < -0.4 is 15.5 Å². The summed E-state index contributed by atoms with van der Waals surface area (Å²) in [5.41, 5.74) is 8.02. The average molecular weight is 510 g/mol. The lowest BCUT2D eigenvalue weighted by atomic mass is 9.84. The Bertz CT molecular complexity index is 1090. The minimum absolute atomic E-state index is 0.0957. The summed E-state index contributed by atoms with van der Waals surface area (Å²) in [5.74, 6) is 0. The van der Waals surface area contributed by atoms with E-state index in [1.165, 1.54) is 22.4 Å². The summed E-state index contributed by atoms with van der Waals surface area (Å²) in [6.45, 7) is 10.2. The third-order valence-corrected chi connectivity index (χ3v) is 8.57. The molecule has 7 heteroatoms. The standard InChI is InChI=1S/C29H40ClN5O/c1-20-4-9-28(34-16-14-33(3)15-17-34)26-19-24(6-7-25(20)26)32-29(36)35-12-10-23(11-13-35)31-27-8-5-22(30)18-21(27)2/h4-5,8-9,18,23-24,31H,6-7,10-17,19H2,1-3H3,(H,32,36)/t24-/m0/s1. The second-order valence-electron chi connectivity index (χ2n) is 10.9. The largest absolute Gasteiger partial charge is 0.382 e. The number of piperazine rings is 1. The molecule has 2 aromatic carbocycles. The van der Waals surface area contributed by atoms with Gasteiger partial charge in [-0.3, -0.25) is 0 Å². The van der Waals surface area contributed by atoms with Gasteiger partial charge in [-0.2, -0.15) is 0 Å². The van der Waals surface area contributed by atoms with Crippen molar-refractivity contribution in [3.05, 3.63) is 57.6 Å². The van der Waals surface area contributed by atoms with Crippen molar-refractivity contribution in [2.45, 2.75) is 58.0 Å². The Balaban J connectivity index is 1.17. The normalized spacial score (nSPS) is 21.3. The molecule has 0 bridgehead atoms. The molecule has 0 aromatic heterocycles. The minimum atomic E-state index is 0.0957. The first kappa shape index (κ1) is 25.2. The van der Waals surface area contributed by atoms with Crippen LogP contribution in [0, 0.1) is 13.8 Å². The van der Waals surface area contributed by atoms with Gasteiger partial charge in [-0.05, 0) is 99.5 Å². The number of benzene rings is 2. The summed E-state index contributed by atoms with van der Waals surface area (Å²) in [6, 6.07) is 11.2. The predicted molar refractivity (Wildman–Crippen MR) is 150 cm³/mol. The number of piperidine rings is 1. The van der Waals surface area contributed by atoms with Gasteiger partial charge in [0, 0.05) is 67.7 Å². The van der Waals surface area contributed by atoms with Crippen molar-refractivity contribution in [3.8, 4) is 0 Å². The first-order valence-corrected chi connectivity index (χ1v) is 13.9. The van der Waals surface area contributed by atoms with Gasteiger partial charge in [0.15, 0.2) is 0 Å². The van der Waals surface area contributed by atoms with E-state index in [1.807, 2.05) is 17.0 Å². The van der Waals surface area contributed by atoms with E-state index < -0.39 is 0 Å². The maximum absolute atomic E-state index is 13.2. The third kappa shape index (κ3) is 5.60. The number of urea groups is 1. The lowest BCUT2D eigenvalue weighted by molar-refractivity contribution is 0.178. The van der Waals surface area contributed by atoms with Gasteiger partial charge in [-0.15, -0.1) is 0 Å². The molecule has 194 valence electrons. The molecule has 36 heavy (non-hydrogen) atoms. The van der Waals surface area contributed by atoms with E-state index in [1.54, 1.807) is 0 Å². The SMILES string of the molecule is Cc1cc(Cl)ccc1NC1CCN(C(=O)N[C@H]2CCc3c(C)ccc(N4CCN(C)CC4)c3C2)CC1. The zero-order valence-corrected chi connectivity index (χ0v) is 22.7. The molecule has 1 atom stereocenters. The number of carbonyl (C=O) groups is 1. The first-order valence-electron chi connectivity index (χ1n) is 13.5. The maximum atomic E-state index is 13.2. The number of nitrogens with zero attached hydrogens (tertiary/aromatic N) is 3. The Morgan fingerprint density at radius 1 is 0.889 bits per heavy atom. The summed E-state index contributed by atoms with van der Waals surface area (Å²) in [7, 11) is 2.20. The highest BCUT2D eigenvalue weighted by Gasteiger charge is 2.29. The second-order valence-corrected chi connectivity index (χ2v) is 11.3. The van der Waals surface area contributed by atoms with E-state index >= 15 is 0 Å². The minimum Gasteiger partial charge on any atom is -0.382 e. The molecule has 2 heterocycles. The Labute approximate surface area is 221 Å². The van der Waals surface area contributed by atoms with E-state index in [0.29, 0.717) is 6.04 Å². The van der Waals surface area contributed by atoms with Crippen LogP contribution in [0.5, 0.6) is 0 Å². The fourth-order valence-corrected chi connectivity index (χ4v) is 6.24. The van der Waals surface area contributed by atoms with Crippen LogP contribution in [-0.2, 0) is 12.8 Å². The molecule has 0 saturated carbocycles. The molecule has 0 spiro atoms. The highest BCUT2D eigenvalue weighted by atomic mass is 35.5. The summed E-state index contributed by atoms with van der Waals surface area (Å²) in [4.78, 5) is 20.1. The Hall–Kier alpha value is -2.44. The molecule has 0 unspecified atom stereocenters. The number of amides is 2. The molecule has 2 amide bonds. The number of likely N-dealkylation sites (tertiary alicyclic amines) is 1. The monoisotopic (exact) mass is 509 g/mol. The van der Waals surface area contributed by atoms with Crippen LogP contribution >= 0.6 is 11.6 Å². The molecule has 2 N–H and O–H groups in total. The van der Waals surface area contributed by atoms with Gasteiger partial charge in [0.25, 0.3) is 0 Å². The van der Waals surface area contributed by atoms with Crippen molar-refractivity contribution in [2.24, 2.45) is 0 Å². The highest BCUT2D eigenvalue weighted by molar-refractivity contribution is 6.30. The van der Waals surface area contributed by atoms with E-state index in [-0.39, 0.29) is 12.1 Å². The van der Waals surface area contributed by atoms with Crippen molar-refractivity contribution in [2.75, 3.05) is 56.5 Å². The van der Waals surface area contributed by atoms with Crippen LogP contribution in [0.1, 0.15) is 41.5 Å². The summed E-state index contributed by atoms with van der Waals surface area (Å²) in [6.07, 6.45) is 4.89. The fraction of sp³-hybridized carbons (Fsp3) is 0.552. The van der Waals surface area contributed by atoms with Gasteiger partial charge >= 0.3 is 6.03 Å². The molecular weight excluding hydrogens is 470 g/mol. The average Bonchev–Trinajstić information content (AvgIpc) is 2.87. The molecular formula is C29H40ClN5O. The number of carbonyl (C=O) groups excluding carboxylic acids is 1. The lowest BCUT2D eigenvalue weighted by Gasteiger charge is -2.38. The van der Waals surface area contributed by atoms with Gasteiger partial charge in [0.2, 0.25) is 0 Å². The number of anilines is 2. The third-order valence-electron chi connectivity index (χ3n) is 8.34. The van der Waals surface area contributed by atoms with Crippen LogP contribution in [0.3, 0.4) is 0 Å². The van der Waals surface area contributed by atoms with Crippen LogP contribution in [0.25, 0.3) is 0 Å². The number of hydrogen-bond acceptors (Lipinski definition) is 4. The maximum Gasteiger partial charge on any atom is 0.317 e. The number of rotatable bonds is 4. The molecule has 6 nitrogen and oxygen atoms in total. The van der Waals surface area contributed by atoms with Gasteiger partial charge in [0.1, 0.15) is 0 Å². The number of nitrogens with one attached hydrogen (secondary N) is 2. The van der Waals surface area contributed by atoms with Crippen LogP contribution in [0.4, 0.5) is 16.2 Å². The number of fused-ring (bicyclic) bond motifs is 1. The van der Waals surface area contributed by atoms with Gasteiger partial charge in [-0.25, -0.2) is 4.79 Å². The predicted octanol–water partition coefficient (Wildman–Crippen LogP) is 4.85. The van der Waals surface area contributed by atoms with E-state index in [9.17, 15) is 4.79 Å². The Morgan fingerprint density at radius 3 is 2.36 bits per heavy atom. The zero-order valence-electron chi connectivity index (χ0n) is 21.9. The number of aryl methyl sites for hydroxylation is 2. The smallest absolute Gasteiger partial charge is 0.317 e. The molecule has 2 saturated heterocycles. The van der Waals surface area contributed by atoms with Crippen molar-refractivity contribution < 1.29 is 4.79 Å². The van der Waals surface area contributed by atoms with E-state index in [2.05, 4.69) is 59.5 Å². The van der Waals surface area contributed by atoms with Crippen LogP contribution in [0.2, 0.25) is 5.02 Å². The number of hydrogen-bond donors (Lipinski definition) is 2. The van der Waals surface area contributed by atoms with Crippen molar-refractivity contribution in [1.29, 1.82) is 0 Å². The summed E-state index contributed by atoms with van der Waals surface area (Å²) >= 11 is 6.10. The Morgan fingerprint density at radius 2 is 1.64 bits per heavy atom. The number of halogens is 1. The summed E-state index contributed by atoms with van der Waals surface area (Å²) < 4.78 is 0. The topological polar surface area (TPSA) is 50.9 Å². The lowest BCUT2D eigenvalue weighted by Crippen LogP contribution is -2.51. The molecule has 2 aliphatic heterocycles. The second kappa shape index (κ2) is 10.9. The number of likely N-dealkylation sites (N-methyl/N-ethyl adjacent to an activating group) is 1. The molecule has 2 aromatic rings. The van der Waals surface area contributed by atoms with Gasteiger partial charge in [0.05, 0.1) is 0 Å². The van der Waals surface area contributed by atoms with Gasteiger partial charge < -0.3 is 25.3 Å². The molecule has 5 rings (SSSR count).